The Labute approximate surface area is 95.8 Å². The Hall–Kier alpha value is -1.08. The standard InChI is InChI=1S/C11H9BrFNO/c12-10-8(5-14)3-4-9(11(10)13)15-6-7-1-2-7/h3-4,7H,1-2,6H2. The van der Waals surface area contributed by atoms with Crippen LogP contribution in [0, 0.1) is 23.1 Å². The summed E-state index contributed by atoms with van der Waals surface area (Å²) < 4.78 is 19.1. The Morgan fingerprint density at radius 3 is 2.87 bits per heavy atom. The van der Waals surface area contributed by atoms with Crippen molar-refractivity contribution in [3.63, 3.8) is 0 Å². The Bertz CT molecular complexity index is 423. The molecule has 1 aliphatic carbocycles. The first-order chi connectivity index (χ1) is 7.22. The van der Waals surface area contributed by atoms with Crippen molar-refractivity contribution >= 4 is 15.9 Å². The van der Waals surface area contributed by atoms with Crippen LogP contribution in [0.15, 0.2) is 16.6 Å². The molecule has 0 radical (unpaired) electrons. The summed E-state index contributed by atoms with van der Waals surface area (Å²) in [6.45, 7) is 0.565. The van der Waals surface area contributed by atoms with Gasteiger partial charge in [-0.2, -0.15) is 5.26 Å². The maximum atomic E-state index is 13.6. The molecule has 0 bridgehead atoms. The highest BCUT2D eigenvalue weighted by Gasteiger charge is 2.23. The molecule has 1 aliphatic rings. The smallest absolute Gasteiger partial charge is 0.180 e. The van der Waals surface area contributed by atoms with Crippen LogP contribution >= 0.6 is 15.9 Å². The Morgan fingerprint density at radius 2 is 2.27 bits per heavy atom. The van der Waals surface area contributed by atoms with Crippen molar-refractivity contribution in [2.24, 2.45) is 5.92 Å². The molecule has 0 spiro atoms. The van der Waals surface area contributed by atoms with Gasteiger partial charge in [-0.1, -0.05) is 0 Å². The fraction of sp³-hybridized carbons (Fsp3) is 0.364. The van der Waals surface area contributed by atoms with E-state index >= 15 is 0 Å². The number of benzene rings is 1. The lowest BCUT2D eigenvalue weighted by Crippen LogP contribution is -2.01. The molecule has 0 aliphatic heterocycles. The fourth-order valence-corrected chi connectivity index (χ4v) is 1.64. The summed E-state index contributed by atoms with van der Waals surface area (Å²) in [5.41, 5.74) is 0.284. The number of nitriles is 1. The molecule has 2 rings (SSSR count). The van der Waals surface area contributed by atoms with E-state index in [1.54, 1.807) is 6.07 Å². The van der Waals surface area contributed by atoms with Gasteiger partial charge >= 0.3 is 0 Å². The van der Waals surface area contributed by atoms with E-state index in [1.807, 2.05) is 6.07 Å². The van der Waals surface area contributed by atoms with Crippen molar-refractivity contribution in [2.45, 2.75) is 12.8 Å². The van der Waals surface area contributed by atoms with E-state index in [2.05, 4.69) is 15.9 Å². The van der Waals surface area contributed by atoms with Crippen LogP contribution in [0.25, 0.3) is 0 Å². The van der Waals surface area contributed by atoms with Gasteiger partial charge in [0.05, 0.1) is 16.6 Å². The molecule has 1 saturated carbocycles. The molecule has 78 valence electrons. The van der Waals surface area contributed by atoms with Crippen LogP contribution in [-0.2, 0) is 0 Å². The van der Waals surface area contributed by atoms with Gasteiger partial charge in [0, 0.05) is 0 Å². The Kier molecular flexibility index (Phi) is 2.92. The third-order valence-electron chi connectivity index (χ3n) is 2.34. The van der Waals surface area contributed by atoms with Crippen molar-refractivity contribution in [1.29, 1.82) is 5.26 Å². The molecule has 0 unspecified atom stereocenters. The Balaban J connectivity index is 2.17. The quantitative estimate of drug-likeness (QED) is 0.844. The van der Waals surface area contributed by atoms with Gasteiger partial charge in [-0.25, -0.2) is 4.39 Å². The summed E-state index contributed by atoms with van der Waals surface area (Å²) in [5, 5.41) is 8.67. The van der Waals surface area contributed by atoms with Gasteiger partial charge in [0.2, 0.25) is 0 Å². The van der Waals surface area contributed by atoms with Crippen molar-refractivity contribution in [3.8, 4) is 11.8 Å². The van der Waals surface area contributed by atoms with Gasteiger partial charge in [-0.05, 0) is 46.8 Å². The minimum absolute atomic E-state index is 0.179. The molecule has 0 N–H and O–H groups in total. The summed E-state index contributed by atoms with van der Waals surface area (Å²) in [4.78, 5) is 0. The second-order valence-corrected chi connectivity index (χ2v) is 4.40. The molecular formula is C11H9BrFNO. The van der Waals surface area contributed by atoms with Crippen molar-refractivity contribution in [3.05, 3.63) is 28.0 Å². The predicted molar refractivity (Wildman–Crippen MR) is 57.0 cm³/mol. The van der Waals surface area contributed by atoms with Crippen LogP contribution in [0.4, 0.5) is 4.39 Å². The molecule has 2 nitrogen and oxygen atoms in total. The molecule has 0 amide bonds. The number of ether oxygens (including phenoxy) is 1. The van der Waals surface area contributed by atoms with Crippen molar-refractivity contribution in [2.75, 3.05) is 6.61 Å². The number of hydrogen-bond donors (Lipinski definition) is 0. The van der Waals surface area contributed by atoms with E-state index < -0.39 is 5.82 Å². The molecule has 1 aromatic rings. The molecule has 0 atom stereocenters. The normalized spacial score (nSPS) is 14.7. The molecule has 0 saturated heterocycles. The highest BCUT2D eigenvalue weighted by Crippen LogP contribution is 2.32. The van der Waals surface area contributed by atoms with Gasteiger partial charge in [-0.15, -0.1) is 0 Å². The Morgan fingerprint density at radius 1 is 1.53 bits per heavy atom. The minimum Gasteiger partial charge on any atom is -0.490 e. The van der Waals surface area contributed by atoms with Gasteiger partial charge in [0.1, 0.15) is 6.07 Å². The van der Waals surface area contributed by atoms with Gasteiger partial charge in [0.25, 0.3) is 0 Å². The maximum absolute atomic E-state index is 13.6. The molecular weight excluding hydrogens is 261 g/mol. The lowest BCUT2D eigenvalue weighted by atomic mass is 10.2. The predicted octanol–water partition coefficient (Wildman–Crippen LogP) is 3.25. The zero-order valence-electron chi connectivity index (χ0n) is 7.96. The van der Waals surface area contributed by atoms with Crippen LogP contribution in [0.1, 0.15) is 18.4 Å². The molecule has 0 heterocycles. The lowest BCUT2D eigenvalue weighted by Gasteiger charge is -2.07. The molecule has 1 fully saturated rings. The van der Waals surface area contributed by atoms with Crippen molar-refractivity contribution in [1.82, 2.24) is 0 Å². The topological polar surface area (TPSA) is 33.0 Å². The highest BCUT2D eigenvalue weighted by molar-refractivity contribution is 9.10. The van der Waals surface area contributed by atoms with E-state index in [0.29, 0.717) is 12.5 Å². The molecule has 1 aromatic carbocycles. The SMILES string of the molecule is N#Cc1ccc(OCC2CC2)c(F)c1Br. The molecule has 15 heavy (non-hydrogen) atoms. The van der Waals surface area contributed by atoms with E-state index in [0.717, 1.165) is 0 Å². The van der Waals surface area contributed by atoms with Gasteiger partial charge in [-0.3, -0.25) is 0 Å². The van der Waals surface area contributed by atoms with Crippen LogP contribution in [0.2, 0.25) is 0 Å². The number of rotatable bonds is 3. The van der Waals surface area contributed by atoms with E-state index in [1.165, 1.54) is 18.9 Å². The third kappa shape index (κ3) is 2.29. The maximum Gasteiger partial charge on any atom is 0.180 e. The summed E-state index contributed by atoms with van der Waals surface area (Å²) >= 11 is 3.04. The van der Waals surface area contributed by atoms with Crippen molar-refractivity contribution < 1.29 is 9.13 Å². The van der Waals surface area contributed by atoms with Gasteiger partial charge < -0.3 is 4.74 Å². The zero-order chi connectivity index (χ0) is 10.8. The average molecular weight is 270 g/mol. The lowest BCUT2D eigenvalue weighted by molar-refractivity contribution is 0.284. The summed E-state index contributed by atoms with van der Waals surface area (Å²) in [6, 6.07) is 4.95. The van der Waals surface area contributed by atoms with Crippen LogP contribution < -0.4 is 4.74 Å². The van der Waals surface area contributed by atoms with Gasteiger partial charge in [0.15, 0.2) is 11.6 Å². The van der Waals surface area contributed by atoms with Crippen LogP contribution in [-0.4, -0.2) is 6.61 Å². The monoisotopic (exact) mass is 269 g/mol. The fourth-order valence-electron chi connectivity index (χ4n) is 1.22. The third-order valence-corrected chi connectivity index (χ3v) is 3.11. The highest BCUT2D eigenvalue weighted by atomic mass is 79.9. The van der Waals surface area contributed by atoms with E-state index in [4.69, 9.17) is 10.00 Å². The number of hydrogen-bond acceptors (Lipinski definition) is 2. The first kappa shape index (κ1) is 10.4. The second kappa shape index (κ2) is 4.19. The summed E-state index contributed by atoms with van der Waals surface area (Å²) in [6.07, 6.45) is 2.33. The van der Waals surface area contributed by atoms with E-state index in [9.17, 15) is 4.39 Å². The second-order valence-electron chi connectivity index (χ2n) is 3.61. The number of nitrogens with zero attached hydrogens (tertiary/aromatic N) is 1. The van der Waals surface area contributed by atoms with Crippen LogP contribution in [0.5, 0.6) is 5.75 Å². The largest absolute Gasteiger partial charge is 0.490 e. The summed E-state index contributed by atoms with van der Waals surface area (Å²) in [5.74, 6) is 0.307. The minimum atomic E-state index is -0.491. The van der Waals surface area contributed by atoms with E-state index in [-0.39, 0.29) is 15.8 Å². The first-order valence-corrected chi connectivity index (χ1v) is 5.52. The van der Waals surface area contributed by atoms with Crippen LogP contribution in [0.3, 0.4) is 0 Å². The zero-order valence-corrected chi connectivity index (χ0v) is 9.55. The summed E-state index contributed by atoms with van der Waals surface area (Å²) in [7, 11) is 0. The molecule has 0 aromatic heterocycles. The first-order valence-electron chi connectivity index (χ1n) is 4.73. The average Bonchev–Trinajstić information content (AvgIpc) is 3.04. The molecule has 4 heteroatoms. The number of halogens is 2.